The van der Waals surface area contributed by atoms with E-state index in [0.29, 0.717) is 0 Å². The fourth-order valence-electron chi connectivity index (χ4n) is 1.27. The molecular weight excluding hydrogens is 284 g/mol. The Labute approximate surface area is 109 Å². The van der Waals surface area contributed by atoms with E-state index in [0.717, 1.165) is 11.1 Å². The van der Waals surface area contributed by atoms with Crippen LogP contribution in [0.15, 0.2) is 23.1 Å². The Kier molecular flexibility index (Phi) is 4.49. The van der Waals surface area contributed by atoms with E-state index < -0.39 is 20.0 Å². The van der Waals surface area contributed by atoms with Crippen LogP contribution < -0.4 is 5.06 Å². The van der Waals surface area contributed by atoms with Crippen LogP contribution in [0.3, 0.4) is 0 Å². The Morgan fingerprint density at radius 2 is 2.11 bits per heavy atom. The average Bonchev–Trinajstić information content (AvgIpc) is 2.36. The molecule has 0 aliphatic heterocycles. The molecule has 9 heteroatoms. The van der Waals surface area contributed by atoms with Crippen molar-refractivity contribution < 1.29 is 18.2 Å². The smallest absolute Gasteiger partial charge is 0.277 e. The number of halogens is 1. The van der Waals surface area contributed by atoms with Crippen LogP contribution in [-0.2, 0) is 14.7 Å². The first-order valence-corrected chi connectivity index (χ1v) is 6.87. The summed E-state index contributed by atoms with van der Waals surface area (Å²) in [6.07, 6.45) is 0. The summed E-state index contributed by atoms with van der Waals surface area (Å²) in [7, 11) is -0.891. The van der Waals surface area contributed by atoms with E-state index in [1.165, 1.54) is 26.3 Å². The van der Waals surface area contributed by atoms with Gasteiger partial charge in [0.25, 0.3) is 5.69 Å². The molecule has 0 saturated heterocycles. The third-order valence-electron chi connectivity index (χ3n) is 2.26. The number of nitrogens with zero attached hydrogens (tertiary/aromatic N) is 2. The fraction of sp³-hybridized carbons (Fsp3) is 0.333. The van der Waals surface area contributed by atoms with E-state index >= 15 is 0 Å². The maximum atomic E-state index is 11.5. The lowest BCUT2D eigenvalue weighted by Crippen LogP contribution is -2.16. The van der Waals surface area contributed by atoms with Gasteiger partial charge in [-0.3, -0.25) is 20.0 Å². The van der Waals surface area contributed by atoms with Crippen molar-refractivity contribution in [2.24, 2.45) is 0 Å². The number of hydrogen-bond acceptors (Lipinski definition) is 6. The highest BCUT2D eigenvalue weighted by molar-refractivity contribution is 7.92. The van der Waals surface area contributed by atoms with E-state index in [4.69, 9.17) is 16.4 Å². The lowest BCUT2D eigenvalue weighted by atomic mass is 10.2. The molecule has 18 heavy (non-hydrogen) atoms. The molecule has 7 nitrogen and oxygen atoms in total. The van der Waals surface area contributed by atoms with Gasteiger partial charge in [0.2, 0.25) is 0 Å². The van der Waals surface area contributed by atoms with Crippen molar-refractivity contribution in [3.05, 3.63) is 28.3 Å². The van der Waals surface area contributed by atoms with Crippen LogP contribution in [0, 0.1) is 10.1 Å². The summed E-state index contributed by atoms with van der Waals surface area (Å²) in [5.74, 6) is 0. The molecule has 1 aromatic rings. The molecular formula is C9H11ClN2O5S. The molecule has 0 spiro atoms. The number of benzene rings is 1. The second-order valence-corrected chi connectivity index (χ2v) is 5.89. The summed E-state index contributed by atoms with van der Waals surface area (Å²) in [5, 5.41) is 11.4. The van der Waals surface area contributed by atoms with E-state index in [2.05, 4.69) is 0 Å². The van der Waals surface area contributed by atoms with E-state index in [1.807, 2.05) is 0 Å². The van der Waals surface area contributed by atoms with Gasteiger partial charge in [-0.15, -0.1) is 11.6 Å². The van der Waals surface area contributed by atoms with E-state index in [-0.39, 0.29) is 16.3 Å². The summed E-state index contributed by atoms with van der Waals surface area (Å²) in [6, 6.07) is 3.50. The van der Waals surface area contributed by atoms with Crippen molar-refractivity contribution in [2.45, 2.75) is 4.90 Å². The number of alkyl halides is 1. The highest BCUT2D eigenvalue weighted by Gasteiger charge is 2.22. The molecule has 0 unspecified atom stereocenters. The SMILES string of the molecule is CON(C)c1ccc(S(=O)(=O)CCl)cc1[N+](=O)[O-]. The predicted molar refractivity (Wildman–Crippen MR) is 66.4 cm³/mol. The number of anilines is 1. The largest absolute Gasteiger partial charge is 0.296 e. The zero-order chi connectivity index (χ0) is 13.9. The van der Waals surface area contributed by atoms with Crippen molar-refractivity contribution in [3.63, 3.8) is 0 Å². The monoisotopic (exact) mass is 294 g/mol. The van der Waals surface area contributed by atoms with Gasteiger partial charge >= 0.3 is 0 Å². The second kappa shape index (κ2) is 5.51. The van der Waals surface area contributed by atoms with Crippen LogP contribution >= 0.6 is 11.6 Å². The van der Waals surface area contributed by atoms with Gasteiger partial charge in [-0.25, -0.2) is 8.42 Å². The maximum Gasteiger partial charge on any atom is 0.296 e. The molecule has 0 heterocycles. The molecule has 0 aliphatic rings. The Hall–Kier alpha value is -1.38. The molecule has 0 saturated carbocycles. The topological polar surface area (TPSA) is 89.8 Å². The average molecular weight is 295 g/mol. The van der Waals surface area contributed by atoms with Gasteiger partial charge in [-0.05, 0) is 12.1 Å². The molecule has 0 aliphatic carbocycles. The van der Waals surface area contributed by atoms with Crippen LogP contribution in [0.4, 0.5) is 11.4 Å². The molecule has 0 fully saturated rings. The first kappa shape index (κ1) is 14.7. The summed E-state index contributed by atoms with van der Waals surface area (Å²) in [6.45, 7) is 0. The zero-order valence-corrected chi connectivity index (χ0v) is 11.2. The lowest BCUT2D eigenvalue weighted by Gasteiger charge is -2.16. The number of nitro groups is 1. The van der Waals surface area contributed by atoms with E-state index in [9.17, 15) is 18.5 Å². The van der Waals surface area contributed by atoms with Gasteiger partial charge < -0.3 is 0 Å². The Balaban J connectivity index is 3.42. The molecule has 0 radical (unpaired) electrons. The fourth-order valence-corrected chi connectivity index (χ4v) is 2.34. The van der Waals surface area contributed by atoms with Crippen LogP contribution in [0.1, 0.15) is 0 Å². The number of hydroxylamine groups is 1. The molecule has 0 bridgehead atoms. The summed E-state index contributed by atoms with van der Waals surface area (Å²) >= 11 is 5.30. The molecule has 0 atom stereocenters. The molecule has 0 aromatic heterocycles. The van der Waals surface area contributed by atoms with Crippen molar-refractivity contribution in [1.29, 1.82) is 0 Å². The van der Waals surface area contributed by atoms with Gasteiger partial charge in [0.05, 0.1) is 16.9 Å². The van der Waals surface area contributed by atoms with Gasteiger partial charge in [0.15, 0.2) is 9.84 Å². The second-order valence-electron chi connectivity index (χ2n) is 3.31. The summed E-state index contributed by atoms with van der Waals surface area (Å²) in [5.41, 5.74) is -0.221. The third kappa shape index (κ3) is 2.89. The van der Waals surface area contributed by atoms with Crippen LogP contribution in [0.25, 0.3) is 0 Å². The normalized spacial score (nSPS) is 11.3. The van der Waals surface area contributed by atoms with Crippen LogP contribution in [-0.4, -0.2) is 32.7 Å². The highest BCUT2D eigenvalue weighted by atomic mass is 35.5. The van der Waals surface area contributed by atoms with Gasteiger partial charge in [-0.2, -0.15) is 0 Å². The Morgan fingerprint density at radius 1 is 1.50 bits per heavy atom. The minimum absolute atomic E-state index is 0.149. The zero-order valence-electron chi connectivity index (χ0n) is 9.66. The minimum atomic E-state index is -3.70. The van der Waals surface area contributed by atoms with Crippen molar-refractivity contribution in [3.8, 4) is 0 Å². The van der Waals surface area contributed by atoms with Crippen molar-refractivity contribution in [1.82, 2.24) is 0 Å². The summed E-state index contributed by atoms with van der Waals surface area (Å²) in [4.78, 5) is 14.9. The number of hydrogen-bond donors (Lipinski definition) is 0. The molecule has 100 valence electrons. The number of sulfone groups is 1. The van der Waals surface area contributed by atoms with Crippen LogP contribution in [0.5, 0.6) is 0 Å². The number of rotatable bonds is 5. The van der Waals surface area contributed by atoms with Gasteiger partial charge in [0, 0.05) is 13.1 Å². The maximum absolute atomic E-state index is 11.5. The first-order chi connectivity index (χ1) is 8.33. The first-order valence-electron chi connectivity index (χ1n) is 4.68. The highest BCUT2D eigenvalue weighted by Crippen LogP contribution is 2.30. The van der Waals surface area contributed by atoms with Crippen molar-refractivity contribution in [2.75, 3.05) is 24.4 Å². The van der Waals surface area contributed by atoms with Gasteiger partial charge in [0.1, 0.15) is 10.9 Å². The molecule has 0 amide bonds. The summed E-state index contributed by atoms with van der Waals surface area (Å²) < 4.78 is 23.1. The quantitative estimate of drug-likeness (QED) is 0.465. The minimum Gasteiger partial charge on any atom is -0.277 e. The van der Waals surface area contributed by atoms with Crippen molar-refractivity contribution >= 4 is 32.8 Å². The Morgan fingerprint density at radius 3 is 2.56 bits per heavy atom. The molecule has 1 rings (SSSR count). The third-order valence-corrected chi connectivity index (χ3v) is 4.38. The van der Waals surface area contributed by atoms with Gasteiger partial charge in [-0.1, -0.05) is 0 Å². The Bertz CT molecular complexity index is 560. The van der Waals surface area contributed by atoms with Crippen LogP contribution in [0.2, 0.25) is 0 Å². The molecule has 0 N–H and O–H groups in total. The lowest BCUT2D eigenvalue weighted by molar-refractivity contribution is -0.384. The van der Waals surface area contributed by atoms with E-state index in [1.54, 1.807) is 0 Å². The molecule has 1 aromatic carbocycles. The number of nitro benzene ring substituents is 1. The standard InChI is InChI=1S/C9H11ClN2O5S/c1-11(17-2)8-4-3-7(18(15,16)6-10)5-9(8)12(13)14/h3-5H,6H2,1-2H3. The predicted octanol–water partition coefficient (Wildman–Crippen LogP) is 1.56.